The third-order valence-electron chi connectivity index (χ3n) is 4.03. The third-order valence-corrected chi connectivity index (χ3v) is 4.03. The molecule has 2 rings (SSSR count). The minimum atomic E-state index is 0.568. The molecule has 1 aromatic heterocycles. The van der Waals surface area contributed by atoms with Crippen LogP contribution in [-0.4, -0.2) is 48.7 Å². The molecule has 0 spiro atoms. The van der Waals surface area contributed by atoms with Crippen LogP contribution in [0.1, 0.15) is 33.1 Å². The number of hydrogen-bond donors (Lipinski definition) is 1. The summed E-state index contributed by atoms with van der Waals surface area (Å²) in [6.45, 7) is 8.30. The van der Waals surface area contributed by atoms with Gasteiger partial charge in [-0.15, -0.1) is 0 Å². The van der Waals surface area contributed by atoms with Gasteiger partial charge in [-0.3, -0.25) is 4.68 Å². The summed E-state index contributed by atoms with van der Waals surface area (Å²) in [7, 11) is 1.72. The molecule has 114 valence electrons. The maximum Gasteiger partial charge on any atom is 0.0754 e. The van der Waals surface area contributed by atoms with Crippen LogP contribution < -0.4 is 10.2 Å². The van der Waals surface area contributed by atoms with Crippen molar-refractivity contribution >= 4 is 5.69 Å². The molecular formula is C15H28N4O. The summed E-state index contributed by atoms with van der Waals surface area (Å²) < 4.78 is 7.06. The quantitative estimate of drug-likeness (QED) is 0.828. The van der Waals surface area contributed by atoms with Crippen molar-refractivity contribution in [2.24, 2.45) is 0 Å². The van der Waals surface area contributed by atoms with E-state index in [0.717, 1.165) is 19.6 Å². The highest BCUT2D eigenvalue weighted by atomic mass is 16.5. The van der Waals surface area contributed by atoms with E-state index in [2.05, 4.69) is 35.4 Å². The van der Waals surface area contributed by atoms with E-state index in [1.807, 2.05) is 10.9 Å². The monoisotopic (exact) mass is 280 g/mol. The zero-order valence-corrected chi connectivity index (χ0v) is 13.0. The normalized spacial score (nSPS) is 23.2. The lowest BCUT2D eigenvalue weighted by molar-refractivity contribution is 0.183. The van der Waals surface area contributed by atoms with Crippen molar-refractivity contribution in [1.82, 2.24) is 15.1 Å². The number of ether oxygens (including phenoxy) is 1. The van der Waals surface area contributed by atoms with Crippen molar-refractivity contribution in [1.29, 1.82) is 0 Å². The van der Waals surface area contributed by atoms with Crippen LogP contribution in [0.2, 0.25) is 0 Å². The van der Waals surface area contributed by atoms with Crippen LogP contribution >= 0.6 is 0 Å². The van der Waals surface area contributed by atoms with Crippen molar-refractivity contribution in [2.45, 2.75) is 51.7 Å². The molecule has 0 amide bonds. The minimum Gasteiger partial charge on any atom is -0.383 e. The first-order valence-electron chi connectivity index (χ1n) is 7.76. The Kier molecular flexibility index (Phi) is 5.86. The molecule has 1 aromatic rings. The van der Waals surface area contributed by atoms with Gasteiger partial charge in [-0.2, -0.15) is 5.10 Å². The van der Waals surface area contributed by atoms with E-state index in [0.29, 0.717) is 18.7 Å². The van der Waals surface area contributed by atoms with E-state index >= 15 is 0 Å². The van der Waals surface area contributed by atoms with E-state index < -0.39 is 0 Å². The summed E-state index contributed by atoms with van der Waals surface area (Å²) in [5, 5.41) is 8.05. The molecule has 0 aliphatic carbocycles. The van der Waals surface area contributed by atoms with Gasteiger partial charge in [0.05, 0.1) is 25.0 Å². The van der Waals surface area contributed by atoms with Crippen molar-refractivity contribution in [3.8, 4) is 0 Å². The second kappa shape index (κ2) is 7.64. The number of anilines is 1. The lowest BCUT2D eigenvalue weighted by atomic mass is 9.98. The van der Waals surface area contributed by atoms with Gasteiger partial charge in [-0.25, -0.2) is 0 Å². The van der Waals surface area contributed by atoms with Gasteiger partial charge >= 0.3 is 0 Å². The van der Waals surface area contributed by atoms with E-state index in [1.54, 1.807) is 7.11 Å². The Hall–Kier alpha value is -1.07. The topological polar surface area (TPSA) is 42.3 Å². The largest absolute Gasteiger partial charge is 0.383 e. The molecule has 0 aromatic carbocycles. The van der Waals surface area contributed by atoms with Crippen LogP contribution in [0.25, 0.3) is 0 Å². The number of nitrogens with one attached hydrogen (secondary N) is 1. The maximum absolute atomic E-state index is 5.09. The molecule has 0 bridgehead atoms. The van der Waals surface area contributed by atoms with Crippen LogP contribution in [0.15, 0.2) is 12.4 Å². The zero-order valence-electron chi connectivity index (χ0n) is 13.0. The van der Waals surface area contributed by atoms with Gasteiger partial charge in [0.25, 0.3) is 0 Å². The van der Waals surface area contributed by atoms with Crippen LogP contribution in [0.4, 0.5) is 5.69 Å². The van der Waals surface area contributed by atoms with Crippen LogP contribution in [0.5, 0.6) is 0 Å². The van der Waals surface area contributed by atoms with E-state index in [4.69, 9.17) is 4.74 Å². The molecule has 1 fully saturated rings. The minimum absolute atomic E-state index is 0.568. The summed E-state index contributed by atoms with van der Waals surface area (Å²) >= 11 is 0. The first-order valence-corrected chi connectivity index (χ1v) is 7.76. The number of aromatic nitrogens is 2. The highest BCUT2D eigenvalue weighted by molar-refractivity contribution is 5.44. The molecule has 5 heteroatoms. The lowest BCUT2D eigenvalue weighted by Gasteiger charge is -2.38. The second-order valence-corrected chi connectivity index (χ2v) is 5.67. The van der Waals surface area contributed by atoms with E-state index in [-0.39, 0.29) is 0 Å². The Morgan fingerprint density at radius 3 is 3.05 bits per heavy atom. The molecule has 2 atom stereocenters. The summed E-state index contributed by atoms with van der Waals surface area (Å²) in [4.78, 5) is 2.47. The summed E-state index contributed by atoms with van der Waals surface area (Å²) in [6.07, 6.45) is 7.75. The van der Waals surface area contributed by atoms with Crippen LogP contribution in [0.3, 0.4) is 0 Å². The number of methoxy groups -OCH3 is 1. The van der Waals surface area contributed by atoms with Crippen LogP contribution in [0, 0.1) is 0 Å². The molecule has 0 saturated carbocycles. The Morgan fingerprint density at radius 2 is 2.35 bits per heavy atom. The molecule has 1 saturated heterocycles. The predicted molar refractivity (Wildman–Crippen MR) is 82.2 cm³/mol. The molecular weight excluding hydrogens is 252 g/mol. The highest BCUT2D eigenvalue weighted by Crippen LogP contribution is 2.24. The fraction of sp³-hybridized carbons (Fsp3) is 0.800. The first-order chi connectivity index (χ1) is 9.74. The Morgan fingerprint density at radius 1 is 1.50 bits per heavy atom. The van der Waals surface area contributed by atoms with E-state index in [1.165, 1.54) is 24.9 Å². The molecule has 0 radical (unpaired) electrons. The molecule has 1 aliphatic rings. The average molecular weight is 280 g/mol. The number of rotatable bonds is 7. The fourth-order valence-corrected chi connectivity index (χ4v) is 2.90. The Labute approximate surface area is 122 Å². The third kappa shape index (κ3) is 3.96. The van der Waals surface area contributed by atoms with Crippen molar-refractivity contribution < 1.29 is 4.74 Å². The fourth-order valence-electron chi connectivity index (χ4n) is 2.90. The van der Waals surface area contributed by atoms with Gasteiger partial charge in [-0.05, 0) is 32.7 Å². The standard InChI is InChI=1S/C15H28N4O/c1-4-6-16-14-5-7-19(13(2)10-14)15-11-17-18(12-15)8-9-20-3/h11-14,16H,4-10H2,1-3H3. The number of nitrogens with zero attached hydrogens (tertiary/aromatic N) is 3. The summed E-state index contributed by atoms with van der Waals surface area (Å²) in [5.41, 5.74) is 1.24. The SMILES string of the molecule is CCCNC1CCN(c2cnn(CCOC)c2)C(C)C1. The molecule has 5 nitrogen and oxygen atoms in total. The molecule has 1 N–H and O–H groups in total. The second-order valence-electron chi connectivity index (χ2n) is 5.67. The van der Waals surface area contributed by atoms with Crippen LogP contribution in [-0.2, 0) is 11.3 Å². The van der Waals surface area contributed by atoms with Gasteiger partial charge in [0.2, 0.25) is 0 Å². The maximum atomic E-state index is 5.09. The molecule has 1 aliphatic heterocycles. The van der Waals surface area contributed by atoms with Crippen molar-refractivity contribution in [3.63, 3.8) is 0 Å². The van der Waals surface area contributed by atoms with Gasteiger partial charge in [0.1, 0.15) is 0 Å². The molecule has 2 heterocycles. The predicted octanol–water partition coefficient (Wildman–Crippen LogP) is 1.89. The average Bonchev–Trinajstić information content (AvgIpc) is 2.91. The summed E-state index contributed by atoms with van der Waals surface area (Å²) in [6, 6.07) is 1.24. The van der Waals surface area contributed by atoms with Gasteiger partial charge in [0, 0.05) is 31.9 Å². The highest BCUT2D eigenvalue weighted by Gasteiger charge is 2.25. The van der Waals surface area contributed by atoms with Gasteiger partial charge < -0.3 is 15.0 Å². The number of hydrogen-bond acceptors (Lipinski definition) is 4. The number of piperidine rings is 1. The first kappa shape index (κ1) is 15.3. The van der Waals surface area contributed by atoms with Crippen molar-refractivity contribution in [2.75, 3.05) is 31.7 Å². The van der Waals surface area contributed by atoms with E-state index in [9.17, 15) is 0 Å². The van der Waals surface area contributed by atoms with Crippen molar-refractivity contribution in [3.05, 3.63) is 12.4 Å². The van der Waals surface area contributed by atoms with Gasteiger partial charge in [0.15, 0.2) is 0 Å². The molecule has 2 unspecified atom stereocenters. The molecule has 20 heavy (non-hydrogen) atoms. The summed E-state index contributed by atoms with van der Waals surface area (Å²) in [5.74, 6) is 0. The van der Waals surface area contributed by atoms with Gasteiger partial charge in [-0.1, -0.05) is 6.92 Å². The Balaban J connectivity index is 1.88. The zero-order chi connectivity index (χ0) is 14.4. The Bertz CT molecular complexity index is 393. The lowest BCUT2D eigenvalue weighted by Crippen LogP contribution is -2.47. The smallest absolute Gasteiger partial charge is 0.0754 e.